The Morgan fingerprint density at radius 1 is 1.38 bits per heavy atom. The van der Waals surface area contributed by atoms with Crippen LogP contribution in [-0.4, -0.2) is 11.7 Å². The van der Waals surface area contributed by atoms with E-state index < -0.39 is 0 Å². The highest BCUT2D eigenvalue weighted by molar-refractivity contribution is 5.25. The largest absolute Gasteiger partial charge is 0.392 e. The normalized spacial score (nSPS) is 34.8. The molecule has 0 radical (unpaired) electrons. The van der Waals surface area contributed by atoms with Gasteiger partial charge in [0.15, 0.2) is 0 Å². The predicted octanol–water partition coefficient (Wildman–Crippen LogP) is 3.70. The van der Waals surface area contributed by atoms with E-state index in [1.165, 1.54) is 36.8 Å². The van der Waals surface area contributed by atoms with Crippen molar-refractivity contribution >= 4 is 0 Å². The highest BCUT2D eigenvalue weighted by Crippen LogP contribution is 2.46. The van der Waals surface area contributed by atoms with Gasteiger partial charge in [0.2, 0.25) is 0 Å². The molecule has 1 heteroatoms. The molecule has 2 aliphatic rings. The van der Waals surface area contributed by atoms with Gasteiger partial charge in [-0.3, -0.25) is 0 Å². The van der Waals surface area contributed by atoms with Crippen LogP contribution in [0.15, 0.2) is 23.3 Å². The average molecular weight is 220 g/mol. The molecule has 0 aliphatic heterocycles. The first-order chi connectivity index (χ1) is 7.63. The van der Waals surface area contributed by atoms with E-state index in [0.29, 0.717) is 5.92 Å². The van der Waals surface area contributed by atoms with E-state index in [4.69, 9.17) is 0 Å². The molecule has 90 valence electrons. The Kier molecular flexibility index (Phi) is 3.53. The number of rotatable bonds is 2. The fourth-order valence-corrected chi connectivity index (χ4v) is 3.49. The second kappa shape index (κ2) is 4.75. The molecule has 1 N–H and O–H groups in total. The van der Waals surface area contributed by atoms with Gasteiger partial charge in [-0.25, -0.2) is 0 Å². The summed E-state index contributed by atoms with van der Waals surface area (Å²) in [4.78, 5) is 0. The van der Waals surface area contributed by atoms with Gasteiger partial charge in [-0.15, -0.1) is 0 Å². The van der Waals surface area contributed by atoms with Gasteiger partial charge in [-0.05, 0) is 62.4 Å². The third-order valence-corrected chi connectivity index (χ3v) is 4.68. The highest BCUT2D eigenvalue weighted by Gasteiger charge is 2.34. The van der Waals surface area contributed by atoms with Gasteiger partial charge in [0, 0.05) is 0 Å². The lowest BCUT2D eigenvalue weighted by Crippen LogP contribution is -2.11. The number of allylic oxidation sites excluding steroid dienone is 2. The van der Waals surface area contributed by atoms with Gasteiger partial charge in [-0.2, -0.15) is 0 Å². The molecule has 0 saturated heterocycles. The van der Waals surface area contributed by atoms with Crippen LogP contribution in [0.2, 0.25) is 0 Å². The second-order valence-electron chi connectivity index (χ2n) is 5.73. The highest BCUT2D eigenvalue weighted by atomic mass is 16.3. The molecule has 0 spiro atoms. The number of aliphatic hydroxyl groups excluding tert-OH is 1. The Morgan fingerprint density at radius 3 is 2.75 bits per heavy atom. The van der Waals surface area contributed by atoms with Crippen molar-refractivity contribution < 1.29 is 5.11 Å². The molecule has 3 atom stereocenters. The van der Waals surface area contributed by atoms with E-state index in [1.54, 1.807) is 5.57 Å². The lowest BCUT2D eigenvalue weighted by atomic mass is 9.83. The van der Waals surface area contributed by atoms with Crippen LogP contribution in [0, 0.1) is 17.8 Å². The maximum Gasteiger partial charge on any atom is 0.0644 e. The molecular formula is C15H24O. The topological polar surface area (TPSA) is 20.2 Å². The first kappa shape index (κ1) is 11.9. The van der Waals surface area contributed by atoms with E-state index in [0.717, 1.165) is 18.3 Å². The van der Waals surface area contributed by atoms with Crippen molar-refractivity contribution in [1.29, 1.82) is 0 Å². The first-order valence-electron chi connectivity index (χ1n) is 6.60. The molecule has 0 aromatic carbocycles. The van der Waals surface area contributed by atoms with Crippen LogP contribution in [0.1, 0.15) is 46.0 Å². The first-order valence-corrected chi connectivity index (χ1v) is 6.60. The molecule has 0 aromatic heterocycles. The zero-order valence-electron chi connectivity index (χ0n) is 10.6. The maximum atomic E-state index is 9.49. The van der Waals surface area contributed by atoms with Crippen LogP contribution in [0.3, 0.4) is 0 Å². The SMILES string of the molecule is C=C(C)[C@@H]1CCC(CO)=C2CC[C@H](C)[C@@H]2C1. The Balaban J connectivity index is 2.24. The van der Waals surface area contributed by atoms with Crippen molar-refractivity contribution in [3.05, 3.63) is 23.3 Å². The smallest absolute Gasteiger partial charge is 0.0644 e. The van der Waals surface area contributed by atoms with Crippen molar-refractivity contribution in [2.24, 2.45) is 17.8 Å². The molecule has 16 heavy (non-hydrogen) atoms. The summed E-state index contributed by atoms with van der Waals surface area (Å²) in [5, 5.41) is 9.49. The minimum absolute atomic E-state index is 0.279. The quantitative estimate of drug-likeness (QED) is 0.704. The zero-order chi connectivity index (χ0) is 11.7. The van der Waals surface area contributed by atoms with Crippen molar-refractivity contribution in [3.63, 3.8) is 0 Å². The van der Waals surface area contributed by atoms with Crippen LogP contribution in [-0.2, 0) is 0 Å². The summed E-state index contributed by atoms with van der Waals surface area (Å²) in [7, 11) is 0. The molecule has 0 heterocycles. The number of aliphatic hydroxyl groups is 1. The Morgan fingerprint density at radius 2 is 2.12 bits per heavy atom. The van der Waals surface area contributed by atoms with Gasteiger partial charge >= 0.3 is 0 Å². The molecule has 1 nitrogen and oxygen atoms in total. The fourth-order valence-electron chi connectivity index (χ4n) is 3.49. The average Bonchev–Trinajstić information content (AvgIpc) is 2.51. The van der Waals surface area contributed by atoms with Crippen LogP contribution in [0.4, 0.5) is 0 Å². The maximum absolute atomic E-state index is 9.49. The molecule has 0 unspecified atom stereocenters. The molecule has 0 aromatic rings. The molecular weight excluding hydrogens is 196 g/mol. The van der Waals surface area contributed by atoms with Gasteiger partial charge in [0.1, 0.15) is 0 Å². The fraction of sp³-hybridized carbons (Fsp3) is 0.733. The Labute approximate surface area is 99.3 Å². The lowest BCUT2D eigenvalue weighted by molar-refractivity contribution is 0.323. The Hall–Kier alpha value is -0.560. The standard InChI is InChI=1S/C15H24O/c1-10(2)12-5-6-13(9-16)14-7-4-11(3)15(14)8-12/h11-12,15-16H,1,4-9H2,2-3H3/t11-,12+,15-/m0/s1. The molecule has 2 aliphatic carbocycles. The summed E-state index contributed by atoms with van der Waals surface area (Å²) in [5.74, 6) is 2.20. The van der Waals surface area contributed by atoms with E-state index in [9.17, 15) is 5.11 Å². The molecule has 0 bridgehead atoms. The summed E-state index contributed by atoms with van der Waals surface area (Å²) >= 11 is 0. The van der Waals surface area contributed by atoms with Crippen LogP contribution in [0.25, 0.3) is 0 Å². The van der Waals surface area contributed by atoms with Crippen LogP contribution >= 0.6 is 0 Å². The van der Waals surface area contributed by atoms with Crippen LogP contribution < -0.4 is 0 Å². The van der Waals surface area contributed by atoms with Crippen molar-refractivity contribution in [1.82, 2.24) is 0 Å². The van der Waals surface area contributed by atoms with E-state index >= 15 is 0 Å². The summed E-state index contributed by atoms with van der Waals surface area (Å²) in [6.07, 6.45) is 6.09. The number of hydrogen-bond donors (Lipinski definition) is 1. The Bertz CT molecular complexity index is 313. The van der Waals surface area contributed by atoms with Gasteiger partial charge in [0.25, 0.3) is 0 Å². The minimum atomic E-state index is 0.279. The monoisotopic (exact) mass is 220 g/mol. The van der Waals surface area contributed by atoms with E-state index in [-0.39, 0.29) is 6.61 Å². The van der Waals surface area contributed by atoms with Crippen molar-refractivity contribution in [2.75, 3.05) is 6.61 Å². The van der Waals surface area contributed by atoms with E-state index in [1.807, 2.05) is 0 Å². The van der Waals surface area contributed by atoms with Gasteiger partial charge in [0.05, 0.1) is 6.61 Å². The minimum Gasteiger partial charge on any atom is -0.392 e. The summed E-state index contributed by atoms with van der Waals surface area (Å²) in [5.41, 5.74) is 4.27. The third-order valence-electron chi connectivity index (χ3n) is 4.68. The van der Waals surface area contributed by atoms with Gasteiger partial charge < -0.3 is 5.11 Å². The summed E-state index contributed by atoms with van der Waals surface area (Å²) in [6.45, 7) is 8.94. The number of fused-ring (bicyclic) bond motifs is 1. The summed E-state index contributed by atoms with van der Waals surface area (Å²) in [6, 6.07) is 0. The lowest BCUT2D eigenvalue weighted by Gasteiger charge is -2.22. The van der Waals surface area contributed by atoms with E-state index in [2.05, 4.69) is 20.4 Å². The summed E-state index contributed by atoms with van der Waals surface area (Å²) < 4.78 is 0. The molecule has 1 saturated carbocycles. The number of hydrogen-bond acceptors (Lipinski definition) is 1. The molecule has 1 fully saturated rings. The predicted molar refractivity (Wildman–Crippen MR) is 68.2 cm³/mol. The third kappa shape index (κ3) is 2.10. The molecule has 2 rings (SSSR count). The van der Waals surface area contributed by atoms with Crippen LogP contribution in [0.5, 0.6) is 0 Å². The van der Waals surface area contributed by atoms with Crippen molar-refractivity contribution in [3.8, 4) is 0 Å². The van der Waals surface area contributed by atoms with Gasteiger partial charge in [-0.1, -0.05) is 24.6 Å². The second-order valence-corrected chi connectivity index (χ2v) is 5.73. The zero-order valence-corrected chi connectivity index (χ0v) is 10.6. The molecule has 0 amide bonds. The van der Waals surface area contributed by atoms with Crippen molar-refractivity contribution in [2.45, 2.75) is 46.0 Å².